The van der Waals surface area contributed by atoms with Gasteiger partial charge in [-0.05, 0) is 31.2 Å². The standard InChI is InChI=1S/C22H15N5/c1-14-25-21(17-10-2-6-15-8-4-12-23-19(15)17)27-22(26-14)18-11-3-7-16-9-5-13-24-20(16)18/h2-13H,1H3. The molecule has 0 aliphatic carbocycles. The molecule has 0 atom stereocenters. The Labute approximate surface area is 155 Å². The fourth-order valence-corrected chi connectivity index (χ4v) is 3.29. The zero-order valence-electron chi connectivity index (χ0n) is 14.7. The molecule has 5 aromatic rings. The van der Waals surface area contributed by atoms with Crippen molar-refractivity contribution in [2.75, 3.05) is 0 Å². The van der Waals surface area contributed by atoms with E-state index in [1.807, 2.05) is 67.6 Å². The van der Waals surface area contributed by atoms with Gasteiger partial charge in [0.1, 0.15) is 5.82 Å². The number of hydrogen-bond acceptors (Lipinski definition) is 5. The van der Waals surface area contributed by atoms with E-state index in [-0.39, 0.29) is 0 Å². The highest BCUT2D eigenvalue weighted by Crippen LogP contribution is 2.28. The molecule has 0 spiro atoms. The lowest BCUT2D eigenvalue weighted by molar-refractivity contribution is 0.993. The molecular formula is C22H15N5. The Morgan fingerprint density at radius 1 is 0.556 bits per heavy atom. The molecule has 27 heavy (non-hydrogen) atoms. The number of rotatable bonds is 2. The Balaban J connectivity index is 1.76. The average molecular weight is 349 g/mol. The average Bonchev–Trinajstić information content (AvgIpc) is 2.72. The van der Waals surface area contributed by atoms with Crippen LogP contribution in [0.2, 0.25) is 0 Å². The van der Waals surface area contributed by atoms with E-state index in [2.05, 4.69) is 19.9 Å². The summed E-state index contributed by atoms with van der Waals surface area (Å²) >= 11 is 0. The summed E-state index contributed by atoms with van der Waals surface area (Å²) in [6.07, 6.45) is 3.57. The van der Waals surface area contributed by atoms with Crippen molar-refractivity contribution in [2.24, 2.45) is 0 Å². The molecule has 5 rings (SSSR count). The van der Waals surface area contributed by atoms with Crippen LogP contribution in [0.3, 0.4) is 0 Å². The molecule has 5 heteroatoms. The van der Waals surface area contributed by atoms with Gasteiger partial charge in [-0.2, -0.15) is 0 Å². The maximum Gasteiger partial charge on any atom is 0.165 e. The lowest BCUT2D eigenvalue weighted by atomic mass is 10.1. The second kappa shape index (κ2) is 6.21. The van der Waals surface area contributed by atoms with Crippen molar-refractivity contribution < 1.29 is 0 Å². The first kappa shape index (κ1) is 15.5. The van der Waals surface area contributed by atoms with Gasteiger partial charge in [-0.3, -0.25) is 9.97 Å². The third kappa shape index (κ3) is 2.69. The van der Waals surface area contributed by atoms with E-state index in [9.17, 15) is 0 Å². The normalized spacial score (nSPS) is 11.1. The van der Waals surface area contributed by atoms with Crippen molar-refractivity contribution in [3.63, 3.8) is 0 Å². The van der Waals surface area contributed by atoms with Crippen LogP contribution in [0, 0.1) is 6.92 Å². The van der Waals surface area contributed by atoms with Gasteiger partial charge in [-0.1, -0.05) is 36.4 Å². The predicted octanol–water partition coefficient (Wildman–Crippen LogP) is 4.61. The van der Waals surface area contributed by atoms with E-state index in [0.29, 0.717) is 17.5 Å². The van der Waals surface area contributed by atoms with E-state index in [1.54, 1.807) is 12.4 Å². The molecule has 0 fully saturated rings. The van der Waals surface area contributed by atoms with Crippen LogP contribution in [0.1, 0.15) is 5.82 Å². The molecule has 0 bridgehead atoms. The first-order valence-electron chi connectivity index (χ1n) is 8.70. The largest absolute Gasteiger partial charge is 0.255 e. The monoisotopic (exact) mass is 349 g/mol. The van der Waals surface area contributed by atoms with Gasteiger partial charge in [0.05, 0.1) is 11.0 Å². The Hall–Kier alpha value is -3.73. The van der Waals surface area contributed by atoms with E-state index >= 15 is 0 Å². The van der Waals surface area contributed by atoms with Gasteiger partial charge < -0.3 is 0 Å². The van der Waals surface area contributed by atoms with Crippen molar-refractivity contribution in [2.45, 2.75) is 6.92 Å². The fraction of sp³-hybridized carbons (Fsp3) is 0.0455. The quantitative estimate of drug-likeness (QED) is 0.466. The van der Waals surface area contributed by atoms with Gasteiger partial charge in [0.2, 0.25) is 0 Å². The molecular weight excluding hydrogens is 334 g/mol. The van der Waals surface area contributed by atoms with Crippen LogP contribution in [0.4, 0.5) is 0 Å². The fourth-order valence-electron chi connectivity index (χ4n) is 3.29. The Morgan fingerprint density at radius 3 is 1.56 bits per heavy atom. The lowest BCUT2D eigenvalue weighted by Gasteiger charge is -2.09. The molecule has 128 valence electrons. The van der Waals surface area contributed by atoms with E-state index < -0.39 is 0 Å². The summed E-state index contributed by atoms with van der Waals surface area (Å²) in [7, 11) is 0. The summed E-state index contributed by atoms with van der Waals surface area (Å²) < 4.78 is 0. The third-order valence-electron chi connectivity index (χ3n) is 4.49. The summed E-state index contributed by atoms with van der Waals surface area (Å²) in [4.78, 5) is 23.0. The molecule has 0 N–H and O–H groups in total. The van der Waals surface area contributed by atoms with E-state index in [1.165, 1.54) is 0 Å². The van der Waals surface area contributed by atoms with Crippen molar-refractivity contribution in [1.82, 2.24) is 24.9 Å². The number of hydrogen-bond donors (Lipinski definition) is 0. The van der Waals surface area contributed by atoms with Gasteiger partial charge in [0, 0.05) is 34.3 Å². The lowest BCUT2D eigenvalue weighted by Crippen LogP contribution is -2.01. The van der Waals surface area contributed by atoms with Gasteiger partial charge in [-0.15, -0.1) is 0 Å². The van der Waals surface area contributed by atoms with Gasteiger partial charge in [-0.25, -0.2) is 15.0 Å². The molecule has 0 aliphatic heterocycles. The van der Waals surface area contributed by atoms with Crippen molar-refractivity contribution in [3.8, 4) is 22.8 Å². The number of fused-ring (bicyclic) bond motifs is 2. The highest BCUT2D eigenvalue weighted by Gasteiger charge is 2.13. The minimum Gasteiger partial charge on any atom is -0.255 e. The minimum absolute atomic E-state index is 0.620. The molecule has 0 saturated carbocycles. The van der Waals surface area contributed by atoms with Crippen LogP contribution in [-0.4, -0.2) is 24.9 Å². The number of benzene rings is 2. The maximum atomic E-state index is 4.77. The first-order chi connectivity index (χ1) is 13.3. The van der Waals surface area contributed by atoms with E-state index in [0.717, 1.165) is 32.9 Å². The molecule has 3 aromatic heterocycles. The van der Waals surface area contributed by atoms with Crippen LogP contribution in [0.15, 0.2) is 73.1 Å². The zero-order chi connectivity index (χ0) is 18.2. The van der Waals surface area contributed by atoms with Gasteiger partial charge in [0.25, 0.3) is 0 Å². The SMILES string of the molecule is Cc1nc(-c2cccc3cccnc23)nc(-c2cccc3cccnc23)n1. The summed E-state index contributed by atoms with van der Waals surface area (Å²) in [6.45, 7) is 1.88. The van der Waals surface area contributed by atoms with Crippen molar-refractivity contribution >= 4 is 21.8 Å². The summed E-state index contributed by atoms with van der Waals surface area (Å²) in [6, 6.07) is 20.0. The van der Waals surface area contributed by atoms with Crippen LogP contribution >= 0.6 is 0 Å². The number of aromatic nitrogens is 5. The summed E-state index contributed by atoms with van der Waals surface area (Å²) in [5.74, 6) is 1.90. The molecule has 0 aliphatic rings. The van der Waals surface area contributed by atoms with Crippen LogP contribution in [0.5, 0.6) is 0 Å². The molecule has 2 aromatic carbocycles. The smallest absolute Gasteiger partial charge is 0.165 e. The van der Waals surface area contributed by atoms with Crippen LogP contribution < -0.4 is 0 Å². The number of pyridine rings is 2. The highest BCUT2D eigenvalue weighted by atomic mass is 15.0. The second-order valence-electron chi connectivity index (χ2n) is 6.29. The van der Waals surface area contributed by atoms with E-state index in [4.69, 9.17) is 4.98 Å². The first-order valence-corrected chi connectivity index (χ1v) is 8.70. The Kier molecular flexibility index (Phi) is 3.57. The van der Waals surface area contributed by atoms with Crippen LogP contribution in [0.25, 0.3) is 44.6 Å². The maximum absolute atomic E-state index is 4.77. The topological polar surface area (TPSA) is 64.5 Å². The number of para-hydroxylation sites is 2. The Bertz CT molecular complexity index is 1190. The van der Waals surface area contributed by atoms with Crippen molar-refractivity contribution in [3.05, 3.63) is 78.9 Å². The second-order valence-corrected chi connectivity index (χ2v) is 6.29. The number of aryl methyl sites for hydroxylation is 1. The summed E-state index contributed by atoms with van der Waals surface area (Å²) in [5, 5.41) is 2.11. The molecule has 0 amide bonds. The minimum atomic E-state index is 0.620. The van der Waals surface area contributed by atoms with Crippen LogP contribution in [-0.2, 0) is 0 Å². The molecule has 0 radical (unpaired) electrons. The molecule has 0 saturated heterocycles. The zero-order valence-corrected chi connectivity index (χ0v) is 14.7. The highest BCUT2D eigenvalue weighted by molar-refractivity contribution is 5.93. The Morgan fingerprint density at radius 2 is 1.04 bits per heavy atom. The van der Waals surface area contributed by atoms with Gasteiger partial charge in [0.15, 0.2) is 11.6 Å². The molecule has 0 unspecified atom stereocenters. The predicted molar refractivity (Wildman–Crippen MR) is 106 cm³/mol. The third-order valence-corrected chi connectivity index (χ3v) is 4.49. The molecule has 3 heterocycles. The van der Waals surface area contributed by atoms with Crippen molar-refractivity contribution in [1.29, 1.82) is 0 Å². The number of nitrogens with zero attached hydrogens (tertiary/aromatic N) is 5. The van der Waals surface area contributed by atoms with Gasteiger partial charge >= 0.3 is 0 Å². The summed E-state index contributed by atoms with van der Waals surface area (Å²) in [5.41, 5.74) is 3.56. The molecule has 5 nitrogen and oxygen atoms in total.